The Labute approximate surface area is 124 Å². The Balaban J connectivity index is 1.74. The summed E-state index contributed by atoms with van der Waals surface area (Å²) in [6, 6.07) is 0. The minimum absolute atomic E-state index is 0.0839. The van der Waals surface area contributed by atoms with Crippen LogP contribution in [-0.4, -0.2) is 47.9 Å². The third-order valence-electron chi connectivity index (χ3n) is 4.41. The normalized spacial score (nSPS) is 25.3. The van der Waals surface area contributed by atoms with Gasteiger partial charge in [0.2, 0.25) is 5.76 Å². The molecule has 6 heteroatoms. The Kier molecular flexibility index (Phi) is 3.75. The number of aryl methyl sites for hydroxylation is 2. The highest BCUT2D eigenvalue weighted by molar-refractivity contribution is 5.92. The van der Waals surface area contributed by atoms with Crippen LogP contribution in [0.1, 0.15) is 41.9 Å². The first-order valence-electron chi connectivity index (χ1n) is 7.51. The second-order valence-corrected chi connectivity index (χ2v) is 5.95. The number of rotatable bonds is 2. The molecule has 0 saturated carbocycles. The minimum Gasteiger partial charge on any atom is -0.436 e. The lowest BCUT2D eigenvalue weighted by Crippen LogP contribution is -2.48. The van der Waals surface area contributed by atoms with Gasteiger partial charge in [-0.1, -0.05) is 0 Å². The summed E-state index contributed by atoms with van der Waals surface area (Å²) in [5.74, 6) is 0.428. The van der Waals surface area contributed by atoms with Gasteiger partial charge in [0, 0.05) is 25.9 Å². The van der Waals surface area contributed by atoms with Crippen LogP contribution < -0.4 is 0 Å². The Bertz CT molecular complexity index is 534. The first-order valence-corrected chi connectivity index (χ1v) is 7.51. The van der Waals surface area contributed by atoms with Gasteiger partial charge in [-0.25, -0.2) is 4.98 Å². The molecule has 6 nitrogen and oxygen atoms in total. The Morgan fingerprint density at radius 3 is 2.67 bits per heavy atom. The SMILES string of the molecule is Cc1nc(C)c(C(=O)N2CCC[C@H](C3(C)OCCO3)C2)o1. The van der Waals surface area contributed by atoms with Crippen molar-refractivity contribution >= 4 is 5.91 Å². The van der Waals surface area contributed by atoms with Crippen LogP contribution in [0.2, 0.25) is 0 Å². The van der Waals surface area contributed by atoms with Crippen LogP contribution in [0.25, 0.3) is 0 Å². The largest absolute Gasteiger partial charge is 0.436 e. The van der Waals surface area contributed by atoms with Crippen molar-refractivity contribution in [2.75, 3.05) is 26.3 Å². The van der Waals surface area contributed by atoms with Gasteiger partial charge in [-0.3, -0.25) is 4.79 Å². The third kappa shape index (κ3) is 2.70. The molecule has 0 aromatic carbocycles. The standard InChI is InChI=1S/C15H22N2O4/c1-10-13(21-11(2)16-10)14(18)17-6-4-5-12(9-17)15(3)19-7-8-20-15/h12H,4-9H2,1-3H3/t12-/m0/s1. The summed E-state index contributed by atoms with van der Waals surface area (Å²) in [5.41, 5.74) is 0.652. The molecule has 2 aliphatic heterocycles. The summed E-state index contributed by atoms with van der Waals surface area (Å²) >= 11 is 0. The van der Waals surface area contributed by atoms with Crippen LogP contribution in [0.3, 0.4) is 0 Å². The molecule has 0 radical (unpaired) electrons. The van der Waals surface area contributed by atoms with E-state index in [2.05, 4.69) is 4.98 Å². The van der Waals surface area contributed by atoms with E-state index in [0.29, 0.717) is 37.1 Å². The van der Waals surface area contributed by atoms with Gasteiger partial charge < -0.3 is 18.8 Å². The van der Waals surface area contributed by atoms with Crippen molar-refractivity contribution in [3.63, 3.8) is 0 Å². The lowest BCUT2D eigenvalue weighted by atomic mass is 9.90. The molecule has 1 aromatic heterocycles. The van der Waals surface area contributed by atoms with Crippen molar-refractivity contribution in [2.24, 2.45) is 5.92 Å². The monoisotopic (exact) mass is 294 g/mol. The fourth-order valence-corrected chi connectivity index (χ4v) is 3.23. The molecule has 1 amide bonds. The van der Waals surface area contributed by atoms with Crippen molar-refractivity contribution in [1.29, 1.82) is 0 Å². The van der Waals surface area contributed by atoms with E-state index in [4.69, 9.17) is 13.9 Å². The number of piperidine rings is 1. The zero-order valence-electron chi connectivity index (χ0n) is 12.8. The average molecular weight is 294 g/mol. The highest BCUT2D eigenvalue weighted by Crippen LogP contribution is 2.34. The predicted octanol–water partition coefficient (Wildman–Crippen LogP) is 1.91. The van der Waals surface area contributed by atoms with E-state index in [-0.39, 0.29) is 11.8 Å². The third-order valence-corrected chi connectivity index (χ3v) is 4.41. The summed E-state index contributed by atoms with van der Waals surface area (Å²) in [5, 5.41) is 0. The molecular formula is C15H22N2O4. The molecule has 1 aromatic rings. The van der Waals surface area contributed by atoms with Crippen molar-refractivity contribution in [3.05, 3.63) is 17.3 Å². The molecule has 2 saturated heterocycles. The molecule has 116 valence electrons. The van der Waals surface area contributed by atoms with Crippen LogP contribution in [0.15, 0.2) is 4.42 Å². The van der Waals surface area contributed by atoms with Gasteiger partial charge in [0.25, 0.3) is 5.91 Å². The zero-order chi connectivity index (χ0) is 15.0. The molecule has 3 heterocycles. The number of ether oxygens (including phenoxy) is 2. The lowest BCUT2D eigenvalue weighted by molar-refractivity contribution is -0.189. The Morgan fingerprint density at radius 2 is 2.05 bits per heavy atom. The molecule has 2 aliphatic rings. The van der Waals surface area contributed by atoms with E-state index in [1.54, 1.807) is 13.8 Å². The average Bonchev–Trinajstić information content (AvgIpc) is 3.05. The van der Waals surface area contributed by atoms with Crippen LogP contribution >= 0.6 is 0 Å². The molecule has 0 aliphatic carbocycles. The van der Waals surface area contributed by atoms with Gasteiger partial charge in [0.1, 0.15) is 0 Å². The van der Waals surface area contributed by atoms with E-state index >= 15 is 0 Å². The molecule has 0 spiro atoms. The summed E-state index contributed by atoms with van der Waals surface area (Å²) < 4.78 is 16.9. The van der Waals surface area contributed by atoms with Crippen LogP contribution in [0.4, 0.5) is 0 Å². The maximum absolute atomic E-state index is 12.6. The minimum atomic E-state index is -0.564. The van der Waals surface area contributed by atoms with E-state index < -0.39 is 5.79 Å². The Hall–Kier alpha value is -1.40. The quantitative estimate of drug-likeness (QED) is 0.833. The number of aromatic nitrogens is 1. The molecule has 3 rings (SSSR count). The molecule has 0 N–H and O–H groups in total. The van der Waals surface area contributed by atoms with Gasteiger partial charge in [0.05, 0.1) is 18.9 Å². The van der Waals surface area contributed by atoms with Gasteiger partial charge in [-0.15, -0.1) is 0 Å². The molecule has 0 unspecified atom stereocenters. The summed E-state index contributed by atoms with van der Waals surface area (Å²) in [6.07, 6.45) is 1.96. The van der Waals surface area contributed by atoms with Crippen molar-refractivity contribution in [1.82, 2.24) is 9.88 Å². The van der Waals surface area contributed by atoms with Crippen LogP contribution in [-0.2, 0) is 9.47 Å². The second-order valence-electron chi connectivity index (χ2n) is 5.95. The van der Waals surface area contributed by atoms with E-state index in [9.17, 15) is 4.79 Å². The number of likely N-dealkylation sites (tertiary alicyclic amines) is 1. The Morgan fingerprint density at radius 1 is 1.33 bits per heavy atom. The van der Waals surface area contributed by atoms with Crippen molar-refractivity contribution in [3.8, 4) is 0 Å². The number of nitrogens with zero attached hydrogens (tertiary/aromatic N) is 2. The highest BCUT2D eigenvalue weighted by atomic mass is 16.7. The second kappa shape index (κ2) is 5.42. The first kappa shape index (κ1) is 14.5. The van der Waals surface area contributed by atoms with Gasteiger partial charge in [-0.2, -0.15) is 0 Å². The fourth-order valence-electron chi connectivity index (χ4n) is 3.23. The van der Waals surface area contributed by atoms with E-state index in [1.165, 1.54) is 0 Å². The number of carbonyl (C=O) groups is 1. The predicted molar refractivity (Wildman–Crippen MR) is 74.9 cm³/mol. The highest BCUT2D eigenvalue weighted by Gasteiger charge is 2.43. The molecule has 0 bridgehead atoms. The summed E-state index contributed by atoms with van der Waals surface area (Å²) in [4.78, 5) is 18.6. The maximum atomic E-state index is 12.6. The van der Waals surface area contributed by atoms with E-state index in [0.717, 1.165) is 19.4 Å². The number of amides is 1. The molecule has 1 atom stereocenters. The molecular weight excluding hydrogens is 272 g/mol. The van der Waals surface area contributed by atoms with Crippen molar-refractivity contribution in [2.45, 2.75) is 39.4 Å². The van der Waals surface area contributed by atoms with Crippen LogP contribution in [0.5, 0.6) is 0 Å². The van der Waals surface area contributed by atoms with E-state index in [1.807, 2.05) is 11.8 Å². The fraction of sp³-hybridized carbons (Fsp3) is 0.733. The van der Waals surface area contributed by atoms with Crippen LogP contribution in [0, 0.1) is 19.8 Å². The first-order chi connectivity index (χ1) is 9.99. The van der Waals surface area contributed by atoms with Gasteiger partial charge in [0.15, 0.2) is 11.7 Å². The van der Waals surface area contributed by atoms with Crippen molar-refractivity contribution < 1.29 is 18.7 Å². The maximum Gasteiger partial charge on any atom is 0.291 e. The molecule has 21 heavy (non-hydrogen) atoms. The lowest BCUT2D eigenvalue weighted by Gasteiger charge is -2.39. The molecule has 2 fully saturated rings. The smallest absolute Gasteiger partial charge is 0.291 e. The zero-order valence-corrected chi connectivity index (χ0v) is 12.8. The summed E-state index contributed by atoms with van der Waals surface area (Å²) in [7, 11) is 0. The van der Waals surface area contributed by atoms with Gasteiger partial charge in [-0.05, 0) is 26.7 Å². The topological polar surface area (TPSA) is 64.8 Å². The number of carbonyl (C=O) groups excluding carboxylic acids is 1. The number of hydrogen-bond donors (Lipinski definition) is 0. The number of oxazole rings is 1. The number of hydrogen-bond acceptors (Lipinski definition) is 5. The summed E-state index contributed by atoms with van der Waals surface area (Å²) in [6.45, 7) is 8.16. The van der Waals surface area contributed by atoms with Gasteiger partial charge >= 0.3 is 0 Å².